The second-order valence-electron chi connectivity index (χ2n) is 7.23. The van der Waals surface area contributed by atoms with Gasteiger partial charge in [0.15, 0.2) is 0 Å². The monoisotopic (exact) mass is 296 g/mol. The minimum atomic E-state index is 0.231. The molecule has 1 saturated carbocycles. The summed E-state index contributed by atoms with van der Waals surface area (Å²) in [6.07, 6.45) is 10.6. The van der Waals surface area contributed by atoms with Crippen LogP contribution in [0, 0.1) is 17.8 Å². The van der Waals surface area contributed by atoms with E-state index in [1.54, 1.807) is 0 Å². The highest BCUT2D eigenvalue weighted by Gasteiger charge is 2.21. The molecule has 0 saturated heterocycles. The van der Waals surface area contributed by atoms with Crippen LogP contribution in [0.25, 0.3) is 0 Å². The van der Waals surface area contributed by atoms with E-state index in [0.717, 1.165) is 19.4 Å². The Morgan fingerprint density at radius 1 is 1.10 bits per heavy atom. The number of carbonyl (C=O) groups excluding carboxylic acids is 1. The number of hydrogen-bond acceptors (Lipinski definition) is 2. The number of hydrogen-bond donors (Lipinski definition) is 2. The molecule has 1 aliphatic carbocycles. The molecule has 1 unspecified atom stereocenters. The van der Waals surface area contributed by atoms with Gasteiger partial charge in [0.2, 0.25) is 5.91 Å². The number of nitrogens with one attached hydrogen (secondary N) is 1. The molecule has 0 aliphatic heterocycles. The van der Waals surface area contributed by atoms with Crippen molar-refractivity contribution in [3.8, 4) is 0 Å². The van der Waals surface area contributed by atoms with Gasteiger partial charge in [-0.3, -0.25) is 4.79 Å². The first-order valence-corrected chi connectivity index (χ1v) is 9.04. The Bertz CT molecular complexity index is 283. The molecule has 1 rings (SSSR count). The van der Waals surface area contributed by atoms with E-state index >= 15 is 0 Å². The highest BCUT2D eigenvalue weighted by atomic mass is 16.1. The van der Waals surface area contributed by atoms with E-state index in [0.29, 0.717) is 30.2 Å². The Morgan fingerprint density at radius 3 is 2.24 bits per heavy atom. The second kappa shape index (κ2) is 10.2. The largest absolute Gasteiger partial charge is 0.353 e. The smallest absolute Gasteiger partial charge is 0.220 e. The van der Waals surface area contributed by atoms with Crippen LogP contribution in [0.2, 0.25) is 0 Å². The molecular weight excluding hydrogens is 260 g/mol. The Labute approximate surface area is 131 Å². The fourth-order valence-electron chi connectivity index (χ4n) is 3.60. The predicted molar refractivity (Wildman–Crippen MR) is 90.0 cm³/mol. The quantitative estimate of drug-likeness (QED) is 0.668. The molecule has 3 heteroatoms. The van der Waals surface area contributed by atoms with Gasteiger partial charge in [-0.15, -0.1) is 0 Å². The maximum absolute atomic E-state index is 12.2. The van der Waals surface area contributed by atoms with E-state index in [2.05, 4.69) is 26.1 Å². The molecule has 124 valence electrons. The van der Waals surface area contributed by atoms with Gasteiger partial charge in [-0.2, -0.15) is 0 Å². The van der Waals surface area contributed by atoms with Gasteiger partial charge in [-0.25, -0.2) is 0 Å². The summed E-state index contributed by atoms with van der Waals surface area (Å²) in [6, 6.07) is 0.336. The lowest BCUT2D eigenvalue weighted by Crippen LogP contribution is -2.38. The zero-order valence-electron chi connectivity index (χ0n) is 14.4. The molecule has 0 radical (unpaired) electrons. The number of amides is 1. The molecule has 1 fully saturated rings. The van der Waals surface area contributed by atoms with Crippen LogP contribution in [0.5, 0.6) is 0 Å². The van der Waals surface area contributed by atoms with Gasteiger partial charge in [0.1, 0.15) is 0 Å². The number of nitrogens with two attached hydrogens (primary N) is 1. The van der Waals surface area contributed by atoms with Crippen molar-refractivity contribution in [1.82, 2.24) is 5.32 Å². The highest BCUT2D eigenvalue weighted by molar-refractivity contribution is 5.76. The molecule has 0 aromatic heterocycles. The Morgan fingerprint density at radius 2 is 1.71 bits per heavy atom. The van der Waals surface area contributed by atoms with Crippen molar-refractivity contribution < 1.29 is 4.79 Å². The summed E-state index contributed by atoms with van der Waals surface area (Å²) in [5.74, 6) is 2.10. The molecule has 1 amide bonds. The van der Waals surface area contributed by atoms with Gasteiger partial charge in [0.05, 0.1) is 0 Å². The summed E-state index contributed by atoms with van der Waals surface area (Å²) in [5, 5.41) is 3.24. The lowest BCUT2D eigenvalue weighted by atomic mass is 9.88. The first-order valence-electron chi connectivity index (χ1n) is 9.04. The standard InChI is InChI=1S/C18H36N2O/c1-14(2)16(12-13-19)10-11-18(21)20-15(3)17-8-6-4-5-7-9-17/h14-17H,4-13,19H2,1-3H3,(H,20,21)/t15-,16?/m1/s1. The average molecular weight is 296 g/mol. The molecule has 0 bridgehead atoms. The van der Waals surface area contributed by atoms with Gasteiger partial charge in [-0.1, -0.05) is 39.5 Å². The number of rotatable bonds is 8. The van der Waals surface area contributed by atoms with E-state index in [-0.39, 0.29) is 5.91 Å². The van der Waals surface area contributed by atoms with Gasteiger partial charge in [0, 0.05) is 12.5 Å². The molecule has 2 atom stereocenters. The first-order chi connectivity index (χ1) is 10.0. The fraction of sp³-hybridized carbons (Fsp3) is 0.944. The minimum absolute atomic E-state index is 0.231. The Balaban J connectivity index is 2.31. The molecule has 1 aliphatic rings. The zero-order chi connectivity index (χ0) is 15.7. The van der Waals surface area contributed by atoms with E-state index < -0.39 is 0 Å². The summed E-state index contributed by atoms with van der Waals surface area (Å²) in [4.78, 5) is 12.2. The predicted octanol–water partition coefficient (Wildman–Crippen LogP) is 3.86. The van der Waals surface area contributed by atoms with Crippen LogP contribution >= 0.6 is 0 Å². The van der Waals surface area contributed by atoms with Gasteiger partial charge in [0.25, 0.3) is 0 Å². The van der Waals surface area contributed by atoms with Gasteiger partial charge in [-0.05, 0) is 56.9 Å². The van der Waals surface area contributed by atoms with Crippen molar-refractivity contribution >= 4 is 5.91 Å². The van der Waals surface area contributed by atoms with E-state index in [9.17, 15) is 4.79 Å². The molecule has 0 aromatic rings. The lowest BCUT2D eigenvalue weighted by Gasteiger charge is -2.24. The van der Waals surface area contributed by atoms with Crippen molar-refractivity contribution in [3.63, 3.8) is 0 Å². The van der Waals surface area contributed by atoms with Crippen LogP contribution in [0.15, 0.2) is 0 Å². The van der Waals surface area contributed by atoms with Crippen LogP contribution in [-0.2, 0) is 4.79 Å². The van der Waals surface area contributed by atoms with E-state index in [1.807, 2.05) is 0 Å². The van der Waals surface area contributed by atoms with Crippen molar-refractivity contribution in [3.05, 3.63) is 0 Å². The fourth-order valence-corrected chi connectivity index (χ4v) is 3.60. The molecule has 0 heterocycles. The summed E-state index contributed by atoms with van der Waals surface area (Å²) >= 11 is 0. The lowest BCUT2D eigenvalue weighted by molar-refractivity contribution is -0.122. The van der Waals surface area contributed by atoms with Crippen LogP contribution in [-0.4, -0.2) is 18.5 Å². The van der Waals surface area contributed by atoms with Crippen molar-refractivity contribution in [2.24, 2.45) is 23.5 Å². The summed E-state index contributed by atoms with van der Waals surface area (Å²) < 4.78 is 0. The molecular formula is C18H36N2O. The van der Waals surface area contributed by atoms with Crippen molar-refractivity contribution in [2.75, 3.05) is 6.54 Å². The molecule has 0 spiro atoms. The Hall–Kier alpha value is -0.570. The molecule has 3 N–H and O–H groups in total. The third-order valence-electron chi connectivity index (χ3n) is 5.22. The van der Waals surface area contributed by atoms with Crippen LogP contribution < -0.4 is 11.1 Å². The average Bonchev–Trinajstić information content (AvgIpc) is 2.72. The molecule has 21 heavy (non-hydrogen) atoms. The van der Waals surface area contributed by atoms with Crippen molar-refractivity contribution in [1.29, 1.82) is 0 Å². The first kappa shape index (κ1) is 18.5. The topological polar surface area (TPSA) is 55.1 Å². The van der Waals surface area contributed by atoms with Crippen LogP contribution in [0.4, 0.5) is 0 Å². The third kappa shape index (κ3) is 7.30. The molecule has 0 aromatic carbocycles. The summed E-state index contributed by atoms with van der Waals surface area (Å²) in [7, 11) is 0. The third-order valence-corrected chi connectivity index (χ3v) is 5.22. The second-order valence-corrected chi connectivity index (χ2v) is 7.23. The van der Waals surface area contributed by atoms with Crippen molar-refractivity contribution in [2.45, 2.75) is 84.6 Å². The van der Waals surface area contributed by atoms with Gasteiger partial charge >= 0.3 is 0 Å². The van der Waals surface area contributed by atoms with Crippen LogP contribution in [0.1, 0.15) is 78.6 Å². The maximum Gasteiger partial charge on any atom is 0.220 e. The van der Waals surface area contributed by atoms with Gasteiger partial charge < -0.3 is 11.1 Å². The highest BCUT2D eigenvalue weighted by Crippen LogP contribution is 2.26. The SMILES string of the molecule is CC(C)C(CCN)CCC(=O)N[C@H](C)C1CCCCCC1. The summed E-state index contributed by atoms with van der Waals surface area (Å²) in [6.45, 7) is 7.37. The minimum Gasteiger partial charge on any atom is -0.353 e. The van der Waals surface area contributed by atoms with Crippen LogP contribution in [0.3, 0.4) is 0 Å². The zero-order valence-corrected chi connectivity index (χ0v) is 14.4. The maximum atomic E-state index is 12.2. The molecule has 3 nitrogen and oxygen atoms in total. The van der Waals surface area contributed by atoms with E-state index in [4.69, 9.17) is 5.73 Å². The summed E-state index contributed by atoms with van der Waals surface area (Å²) in [5.41, 5.74) is 5.67. The number of carbonyl (C=O) groups is 1. The normalized spacial score (nSPS) is 20.0. The van der Waals surface area contributed by atoms with E-state index in [1.165, 1.54) is 38.5 Å². The Kier molecular flexibility index (Phi) is 8.98.